The minimum Gasteiger partial charge on any atom is -0.378 e. The van der Waals surface area contributed by atoms with Gasteiger partial charge < -0.3 is 24.6 Å². The van der Waals surface area contributed by atoms with Crippen LogP contribution in [-0.2, 0) is 9.47 Å². The molecule has 2 aliphatic rings. The third-order valence-corrected chi connectivity index (χ3v) is 6.39. The quantitative estimate of drug-likeness (QED) is 0.632. The van der Waals surface area contributed by atoms with Crippen molar-refractivity contribution >= 4 is 33.9 Å². The van der Waals surface area contributed by atoms with E-state index in [2.05, 4.69) is 25.2 Å². The number of carbonyl (C=O) groups excluding carboxylic acids is 1. The summed E-state index contributed by atoms with van der Waals surface area (Å²) in [6.45, 7) is 5.58. The molecule has 0 aliphatic carbocycles. The molecule has 166 valence electrons. The average molecular weight is 453 g/mol. The van der Waals surface area contributed by atoms with Crippen LogP contribution in [0.2, 0.25) is 0 Å². The van der Waals surface area contributed by atoms with Crippen LogP contribution in [0.4, 0.5) is 16.6 Å². The number of carbonyl (C=O) groups is 1. The molecule has 0 saturated carbocycles. The summed E-state index contributed by atoms with van der Waals surface area (Å²) >= 11 is 1.50. The highest BCUT2D eigenvalue weighted by Crippen LogP contribution is 2.31. The zero-order chi connectivity index (χ0) is 21.8. The number of aromatic nitrogens is 3. The van der Waals surface area contributed by atoms with Crippen LogP contribution < -0.4 is 10.2 Å². The first kappa shape index (κ1) is 20.8. The van der Waals surface area contributed by atoms with Crippen LogP contribution in [0.1, 0.15) is 10.4 Å². The van der Waals surface area contributed by atoms with Crippen molar-refractivity contribution in [2.24, 2.45) is 0 Å². The second-order valence-electron chi connectivity index (χ2n) is 7.52. The number of nitrogens with zero attached hydrogens (tertiary/aromatic N) is 5. The summed E-state index contributed by atoms with van der Waals surface area (Å²) < 4.78 is 10.8. The van der Waals surface area contributed by atoms with Crippen molar-refractivity contribution in [3.63, 3.8) is 0 Å². The zero-order valence-corrected chi connectivity index (χ0v) is 18.4. The molecule has 2 aliphatic heterocycles. The second-order valence-corrected chi connectivity index (χ2v) is 8.55. The lowest BCUT2D eigenvalue weighted by atomic mass is 10.1. The van der Waals surface area contributed by atoms with Gasteiger partial charge in [0.25, 0.3) is 5.91 Å². The van der Waals surface area contributed by atoms with Crippen LogP contribution in [0, 0.1) is 0 Å². The Kier molecular flexibility index (Phi) is 6.24. The van der Waals surface area contributed by atoms with Crippen molar-refractivity contribution in [2.75, 3.05) is 62.8 Å². The number of ether oxygens (including phenoxy) is 2. The highest BCUT2D eigenvalue weighted by molar-refractivity contribution is 7.18. The van der Waals surface area contributed by atoms with Gasteiger partial charge in [-0.2, -0.15) is 0 Å². The molecular formula is C22H24N6O3S. The Balaban J connectivity index is 1.29. The van der Waals surface area contributed by atoms with E-state index in [1.54, 1.807) is 29.7 Å². The van der Waals surface area contributed by atoms with Crippen LogP contribution in [0.15, 0.2) is 43.0 Å². The van der Waals surface area contributed by atoms with Gasteiger partial charge in [0.1, 0.15) is 5.82 Å². The van der Waals surface area contributed by atoms with E-state index in [1.165, 1.54) is 11.3 Å². The predicted molar refractivity (Wildman–Crippen MR) is 123 cm³/mol. The van der Waals surface area contributed by atoms with E-state index >= 15 is 0 Å². The van der Waals surface area contributed by atoms with Crippen molar-refractivity contribution in [3.8, 4) is 10.4 Å². The van der Waals surface area contributed by atoms with Gasteiger partial charge in [-0.15, -0.1) is 0 Å². The fourth-order valence-electron chi connectivity index (χ4n) is 3.72. The van der Waals surface area contributed by atoms with E-state index in [4.69, 9.17) is 9.47 Å². The van der Waals surface area contributed by atoms with Gasteiger partial charge in [-0.05, 0) is 12.1 Å². The highest BCUT2D eigenvalue weighted by atomic mass is 32.1. The molecule has 0 spiro atoms. The molecule has 3 aromatic heterocycles. The largest absolute Gasteiger partial charge is 0.378 e. The molecule has 0 unspecified atom stereocenters. The van der Waals surface area contributed by atoms with E-state index in [-0.39, 0.29) is 5.91 Å². The summed E-state index contributed by atoms with van der Waals surface area (Å²) in [4.78, 5) is 31.0. The third kappa shape index (κ3) is 4.72. The number of morpholine rings is 2. The Morgan fingerprint density at radius 1 is 0.969 bits per heavy atom. The molecule has 1 N–H and O–H groups in total. The molecule has 0 radical (unpaired) electrons. The molecule has 2 fully saturated rings. The predicted octanol–water partition coefficient (Wildman–Crippen LogP) is 2.65. The van der Waals surface area contributed by atoms with Gasteiger partial charge in [0, 0.05) is 68.3 Å². The number of amides is 1. The minimum atomic E-state index is -0.0189. The summed E-state index contributed by atoms with van der Waals surface area (Å²) in [7, 11) is 0. The van der Waals surface area contributed by atoms with Gasteiger partial charge in [0.2, 0.25) is 0 Å². The first-order chi connectivity index (χ1) is 15.8. The molecule has 3 aromatic rings. The molecule has 0 aromatic carbocycles. The van der Waals surface area contributed by atoms with Crippen LogP contribution in [0.3, 0.4) is 0 Å². The molecule has 10 heteroatoms. The summed E-state index contributed by atoms with van der Waals surface area (Å²) in [6.07, 6.45) is 6.96. The van der Waals surface area contributed by atoms with Gasteiger partial charge >= 0.3 is 0 Å². The fourth-order valence-corrected chi connectivity index (χ4v) is 4.53. The van der Waals surface area contributed by atoms with E-state index in [9.17, 15) is 4.79 Å². The second kappa shape index (κ2) is 9.60. The number of rotatable bonds is 5. The first-order valence-corrected chi connectivity index (χ1v) is 11.4. The van der Waals surface area contributed by atoms with E-state index in [0.717, 1.165) is 53.4 Å². The zero-order valence-electron chi connectivity index (χ0n) is 17.6. The van der Waals surface area contributed by atoms with Gasteiger partial charge in [0.15, 0.2) is 5.13 Å². The highest BCUT2D eigenvalue weighted by Gasteiger charge is 2.19. The van der Waals surface area contributed by atoms with Crippen LogP contribution in [-0.4, -0.2) is 78.4 Å². The van der Waals surface area contributed by atoms with Crippen LogP contribution in [0.5, 0.6) is 0 Å². The number of hydrogen-bond donors (Lipinski definition) is 1. The smallest absolute Gasteiger partial charge is 0.255 e. The van der Waals surface area contributed by atoms with E-state index < -0.39 is 0 Å². The maximum Gasteiger partial charge on any atom is 0.255 e. The van der Waals surface area contributed by atoms with Gasteiger partial charge in [0.05, 0.1) is 36.9 Å². The molecule has 32 heavy (non-hydrogen) atoms. The Morgan fingerprint density at radius 2 is 1.75 bits per heavy atom. The number of nitrogens with one attached hydrogen (secondary N) is 1. The Bertz CT molecular complexity index is 1080. The van der Waals surface area contributed by atoms with Crippen molar-refractivity contribution < 1.29 is 14.3 Å². The summed E-state index contributed by atoms with van der Waals surface area (Å²) in [5, 5.41) is 4.02. The van der Waals surface area contributed by atoms with Gasteiger partial charge in [-0.3, -0.25) is 9.78 Å². The van der Waals surface area contributed by atoms with Crippen molar-refractivity contribution in [1.29, 1.82) is 0 Å². The van der Waals surface area contributed by atoms with Gasteiger partial charge in [-0.1, -0.05) is 11.3 Å². The van der Waals surface area contributed by atoms with Gasteiger partial charge in [-0.25, -0.2) is 9.97 Å². The number of thiazole rings is 1. The van der Waals surface area contributed by atoms with E-state index in [1.807, 2.05) is 18.2 Å². The molecule has 0 bridgehead atoms. The number of pyridine rings is 2. The first-order valence-electron chi connectivity index (χ1n) is 10.6. The number of hydrogen-bond acceptors (Lipinski definition) is 9. The number of anilines is 3. The molecule has 2 saturated heterocycles. The molecule has 5 rings (SSSR count). The van der Waals surface area contributed by atoms with Crippen molar-refractivity contribution in [1.82, 2.24) is 19.9 Å². The molecule has 5 heterocycles. The summed E-state index contributed by atoms with van der Waals surface area (Å²) in [5.41, 5.74) is 2.55. The molecule has 0 atom stereocenters. The standard InChI is InChI=1S/C22H24N6O3S/c29-21(28-5-9-31-10-6-28)17-11-16(13-23-14-17)19-15-25-22(32-19)26-20-12-18(1-2-24-20)27-3-7-30-8-4-27/h1-2,11-15H,3-10H2,(H,24,25,26). The van der Waals surface area contributed by atoms with Crippen LogP contribution in [0.25, 0.3) is 10.4 Å². The molecule has 1 amide bonds. The van der Waals surface area contributed by atoms with Crippen LogP contribution >= 0.6 is 11.3 Å². The molecule has 9 nitrogen and oxygen atoms in total. The summed E-state index contributed by atoms with van der Waals surface area (Å²) in [6, 6.07) is 5.90. The lowest BCUT2D eigenvalue weighted by Gasteiger charge is -2.28. The normalized spacial score (nSPS) is 16.8. The maximum absolute atomic E-state index is 12.8. The lowest BCUT2D eigenvalue weighted by Crippen LogP contribution is -2.40. The maximum atomic E-state index is 12.8. The SMILES string of the molecule is O=C(c1cncc(-c2cnc(Nc3cc(N4CCOCC4)ccn3)s2)c1)N1CCOCC1. The minimum absolute atomic E-state index is 0.0189. The van der Waals surface area contributed by atoms with Crippen molar-refractivity contribution in [2.45, 2.75) is 0 Å². The topological polar surface area (TPSA) is 92.7 Å². The monoisotopic (exact) mass is 452 g/mol. The average Bonchev–Trinajstić information content (AvgIpc) is 3.33. The fraction of sp³-hybridized carbons (Fsp3) is 0.364. The molecular weight excluding hydrogens is 428 g/mol. The lowest BCUT2D eigenvalue weighted by molar-refractivity contribution is 0.0302. The third-order valence-electron chi connectivity index (χ3n) is 5.43. The summed E-state index contributed by atoms with van der Waals surface area (Å²) in [5.74, 6) is 0.721. The van der Waals surface area contributed by atoms with Crippen molar-refractivity contribution in [3.05, 3.63) is 48.5 Å². The Hall–Kier alpha value is -3.08. The Labute approximate surface area is 190 Å². The Morgan fingerprint density at radius 3 is 2.56 bits per heavy atom. The van der Waals surface area contributed by atoms with E-state index in [0.29, 0.717) is 31.9 Å².